The summed E-state index contributed by atoms with van der Waals surface area (Å²) in [5.41, 5.74) is 0. The van der Waals surface area contributed by atoms with Gasteiger partial charge in [-0.15, -0.1) is 11.3 Å². The number of rotatable bonds is 8. The Kier molecular flexibility index (Phi) is 6.49. The Hall–Kier alpha value is -1.43. The first-order valence-corrected chi connectivity index (χ1v) is 7.30. The van der Waals surface area contributed by atoms with Crippen LogP contribution in [0.4, 0.5) is 0 Å². The normalized spacial score (nSPS) is 12.1. The first-order chi connectivity index (χ1) is 9.02. The van der Waals surface area contributed by atoms with Crippen molar-refractivity contribution in [2.45, 2.75) is 52.0 Å². The van der Waals surface area contributed by atoms with Gasteiger partial charge >= 0.3 is 5.97 Å². The molecule has 2 N–H and O–H groups in total. The van der Waals surface area contributed by atoms with E-state index in [2.05, 4.69) is 17.2 Å². The molecule has 0 aliphatic rings. The molecule has 0 aliphatic heterocycles. The first kappa shape index (κ1) is 15.6. The smallest absolute Gasteiger partial charge is 0.303 e. The molecule has 0 saturated carbocycles. The second-order valence-corrected chi connectivity index (χ2v) is 5.56. The second kappa shape index (κ2) is 7.89. The average Bonchev–Trinajstić information content (AvgIpc) is 2.83. The van der Waals surface area contributed by atoms with Gasteiger partial charge in [-0.1, -0.05) is 6.92 Å². The highest BCUT2D eigenvalue weighted by atomic mass is 32.1. The van der Waals surface area contributed by atoms with E-state index in [1.807, 2.05) is 13.1 Å². The molecule has 19 heavy (non-hydrogen) atoms. The molecule has 106 valence electrons. The number of hydrogen-bond donors (Lipinski definition) is 2. The molecule has 1 unspecified atom stereocenters. The number of unbranched alkanes of at least 4 members (excludes halogenated alkanes) is 1. The van der Waals surface area contributed by atoms with Gasteiger partial charge in [-0.2, -0.15) is 0 Å². The van der Waals surface area contributed by atoms with Crippen LogP contribution in [0.1, 0.15) is 55.5 Å². The van der Waals surface area contributed by atoms with Gasteiger partial charge in [-0.3, -0.25) is 9.59 Å². The van der Waals surface area contributed by atoms with Crippen LogP contribution in [0, 0.1) is 0 Å². The van der Waals surface area contributed by atoms with E-state index in [1.165, 1.54) is 4.88 Å². The Labute approximate surface area is 117 Å². The number of thiazole rings is 1. The van der Waals surface area contributed by atoms with Crippen LogP contribution in [0.3, 0.4) is 0 Å². The van der Waals surface area contributed by atoms with Crippen LogP contribution >= 0.6 is 11.3 Å². The lowest BCUT2D eigenvalue weighted by molar-refractivity contribution is -0.137. The summed E-state index contributed by atoms with van der Waals surface area (Å²) in [6.45, 7) is 3.98. The Morgan fingerprint density at radius 2 is 2.11 bits per heavy atom. The number of nitrogens with zero attached hydrogens (tertiary/aromatic N) is 1. The molecule has 1 atom stereocenters. The Morgan fingerprint density at radius 1 is 1.42 bits per heavy atom. The van der Waals surface area contributed by atoms with Crippen molar-refractivity contribution in [3.05, 3.63) is 16.1 Å². The average molecular weight is 284 g/mol. The molecule has 0 radical (unpaired) electrons. The van der Waals surface area contributed by atoms with Crippen molar-refractivity contribution in [3.8, 4) is 0 Å². The summed E-state index contributed by atoms with van der Waals surface area (Å²) >= 11 is 1.61. The van der Waals surface area contributed by atoms with Crippen molar-refractivity contribution in [2.24, 2.45) is 0 Å². The van der Waals surface area contributed by atoms with Crippen LogP contribution in [0.5, 0.6) is 0 Å². The fraction of sp³-hybridized carbons (Fsp3) is 0.615. The van der Waals surface area contributed by atoms with E-state index in [4.69, 9.17) is 5.11 Å². The number of aliphatic carboxylic acids is 1. The number of carboxylic acids is 1. The number of hydrogen-bond acceptors (Lipinski definition) is 4. The summed E-state index contributed by atoms with van der Waals surface area (Å²) in [6.07, 6.45) is 4.42. The Balaban J connectivity index is 2.29. The largest absolute Gasteiger partial charge is 0.481 e. The zero-order valence-electron chi connectivity index (χ0n) is 11.3. The van der Waals surface area contributed by atoms with E-state index in [-0.39, 0.29) is 18.4 Å². The molecule has 1 amide bonds. The van der Waals surface area contributed by atoms with Gasteiger partial charge in [0.15, 0.2) is 0 Å². The van der Waals surface area contributed by atoms with E-state index in [0.29, 0.717) is 19.3 Å². The quantitative estimate of drug-likeness (QED) is 0.719. The molecular weight excluding hydrogens is 264 g/mol. The van der Waals surface area contributed by atoms with Crippen molar-refractivity contribution < 1.29 is 14.7 Å². The monoisotopic (exact) mass is 284 g/mol. The van der Waals surface area contributed by atoms with E-state index in [1.54, 1.807) is 11.3 Å². The van der Waals surface area contributed by atoms with Crippen LogP contribution < -0.4 is 5.32 Å². The van der Waals surface area contributed by atoms with Gasteiger partial charge in [0.25, 0.3) is 0 Å². The van der Waals surface area contributed by atoms with Crippen molar-refractivity contribution in [2.75, 3.05) is 0 Å². The van der Waals surface area contributed by atoms with Crippen LogP contribution in [0.15, 0.2) is 6.20 Å². The maximum absolute atomic E-state index is 11.7. The molecule has 1 heterocycles. The standard InChI is InChI=1S/C13H20N2O3S/c1-3-10-8-14-13(19-10)9(2)15-11(16)6-4-5-7-12(17)18/h8-9H,3-7H2,1-2H3,(H,15,16)(H,17,18). The summed E-state index contributed by atoms with van der Waals surface area (Å²) < 4.78 is 0. The molecule has 0 saturated heterocycles. The van der Waals surface area contributed by atoms with Crippen LogP contribution in [0.2, 0.25) is 0 Å². The van der Waals surface area contributed by atoms with Crippen molar-refractivity contribution in [1.82, 2.24) is 10.3 Å². The summed E-state index contributed by atoms with van der Waals surface area (Å²) in [5.74, 6) is -0.866. The van der Waals surface area contributed by atoms with Crippen LogP contribution in [0.25, 0.3) is 0 Å². The lowest BCUT2D eigenvalue weighted by Crippen LogP contribution is -2.26. The fourth-order valence-corrected chi connectivity index (χ4v) is 2.48. The molecule has 0 spiro atoms. The Bertz CT molecular complexity index is 431. The summed E-state index contributed by atoms with van der Waals surface area (Å²) in [5, 5.41) is 12.3. The number of amides is 1. The fourth-order valence-electron chi connectivity index (χ4n) is 1.62. The summed E-state index contributed by atoms with van der Waals surface area (Å²) in [7, 11) is 0. The maximum atomic E-state index is 11.7. The van der Waals surface area contributed by atoms with Gasteiger partial charge in [0, 0.05) is 23.9 Å². The van der Waals surface area contributed by atoms with E-state index >= 15 is 0 Å². The molecule has 1 aromatic rings. The zero-order valence-corrected chi connectivity index (χ0v) is 12.1. The highest BCUT2D eigenvalue weighted by molar-refractivity contribution is 7.11. The lowest BCUT2D eigenvalue weighted by atomic mass is 10.2. The minimum Gasteiger partial charge on any atom is -0.481 e. The van der Waals surface area contributed by atoms with Gasteiger partial charge in [0.2, 0.25) is 5.91 Å². The van der Waals surface area contributed by atoms with E-state index in [0.717, 1.165) is 11.4 Å². The van der Waals surface area contributed by atoms with Crippen molar-refractivity contribution in [3.63, 3.8) is 0 Å². The van der Waals surface area contributed by atoms with Gasteiger partial charge in [0.1, 0.15) is 5.01 Å². The number of carbonyl (C=O) groups is 2. The number of carbonyl (C=O) groups excluding carboxylic acids is 1. The second-order valence-electron chi connectivity index (χ2n) is 4.41. The SMILES string of the molecule is CCc1cnc(C(C)NC(=O)CCCCC(=O)O)s1. The molecular formula is C13H20N2O3S. The summed E-state index contributed by atoms with van der Waals surface area (Å²) in [4.78, 5) is 27.5. The number of aryl methyl sites for hydroxylation is 1. The predicted molar refractivity (Wildman–Crippen MR) is 74.2 cm³/mol. The first-order valence-electron chi connectivity index (χ1n) is 6.48. The molecule has 0 aromatic carbocycles. The highest BCUT2D eigenvalue weighted by Crippen LogP contribution is 2.20. The molecule has 0 bridgehead atoms. The minimum atomic E-state index is -0.816. The maximum Gasteiger partial charge on any atom is 0.303 e. The van der Waals surface area contributed by atoms with Gasteiger partial charge < -0.3 is 10.4 Å². The van der Waals surface area contributed by atoms with E-state index in [9.17, 15) is 9.59 Å². The topological polar surface area (TPSA) is 79.3 Å². The number of nitrogens with one attached hydrogen (secondary N) is 1. The van der Waals surface area contributed by atoms with Crippen molar-refractivity contribution in [1.29, 1.82) is 0 Å². The van der Waals surface area contributed by atoms with Crippen LogP contribution in [-0.4, -0.2) is 22.0 Å². The molecule has 5 nitrogen and oxygen atoms in total. The third-order valence-electron chi connectivity index (χ3n) is 2.71. The predicted octanol–water partition coefficient (Wildman–Crippen LogP) is 2.53. The third kappa shape index (κ3) is 5.83. The van der Waals surface area contributed by atoms with Crippen molar-refractivity contribution >= 4 is 23.2 Å². The molecule has 6 heteroatoms. The van der Waals surface area contributed by atoms with E-state index < -0.39 is 5.97 Å². The molecule has 0 aliphatic carbocycles. The highest BCUT2D eigenvalue weighted by Gasteiger charge is 2.12. The molecule has 1 aromatic heterocycles. The summed E-state index contributed by atoms with van der Waals surface area (Å²) in [6, 6.07) is -0.0859. The number of carboxylic acid groups (broad SMARTS) is 1. The van der Waals surface area contributed by atoms with Crippen LogP contribution in [-0.2, 0) is 16.0 Å². The van der Waals surface area contributed by atoms with Gasteiger partial charge in [0.05, 0.1) is 6.04 Å². The Morgan fingerprint density at radius 3 is 2.68 bits per heavy atom. The molecule has 0 fully saturated rings. The number of aromatic nitrogens is 1. The van der Waals surface area contributed by atoms with Gasteiger partial charge in [-0.05, 0) is 26.2 Å². The zero-order chi connectivity index (χ0) is 14.3. The van der Waals surface area contributed by atoms with Gasteiger partial charge in [-0.25, -0.2) is 4.98 Å². The third-order valence-corrected chi connectivity index (χ3v) is 4.04. The lowest BCUT2D eigenvalue weighted by Gasteiger charge is -2.10. The minimum absolute atomic E-state index is 0.0499. The molecule has 1 rings (SSSR count).